The Balaban J connectivity index is 0.000000112. The molecule has 0 amide bonds. The monoisotopic (exact) mass is 398 g/mol. The highest BCUT2D eigenvalue weighted by molar-refractivity contribution is 5.85. The third-order valence-electron chi connectivity index (χ3n) is 5.33. The van der Waals surface area contributed by atoms with E-state index < -0.39 is 0 Å². The van der Waals surface area contributed by atoms with Gasteiger partial charge in [0.15, 0.2) is 0 Å². The van der Waals surface area contributed by atoms with Crippen LogP contribution in [0.15, 0.2) is 140 Å². The van der Waals surface area contributed by atoms with Gasteiger partial charge in [-0.3, -0.25) is 0 Å². The summed E-state index contributed by atoms with van der Waals surface area (Å²) in [5, 5.41) is 7.92. The molecule has 0 aliphatic carbocycles. The van der Waals surface area contributed by atoms with Crippen molar-refractivity contribution in [2.45, 2.75) is 6.92 Å². The molecule has 0 heterocycles. The number of fused-ring (bicyclic) bond motifs is 3. The van der Waals surface area contributed by atoms with Gasteiger partial charge < -0.3 is 0 Å². The molecule has 0 saturated carbocycles. The molecule has 0 aliphatic rings. The van der Waals surface area contributed by atoms with Gasteiger partial charge in [0, 0.05) is 0 Å². The van der Waals surface area contributed by atoms with Crippen molar-refractivity contribution in [1.29, 1.82) is 0 Å². The first-order valence-electron chi connectivity index (χ1n) is 10.6. The highest BCUT2D eigenvalue weighted by Gasteiger charge is 1.92. The standard InChI is InChI=1S/C11H10.2C10H8/c1-9-5-4-7-10-6-2-3-8-11(9)10;2*1-2-6-10-8-4-3-7-9(10)5-1/h2-8H,1H3;2*1-8H. The lowest BCUT2D eigenvalue weighted by Crippen LogP contribution is -1.75. The molecule has 31 heavy (non-hydrogen) atoms. The lowest BCUT2D eigenvalue weighted by atomic mass is 10.1. The van der Waals surface area contributed by atoms with Crippen LogP contribution in [0, 0.1) is 6.92 Å². The van der Waals surface area contributed by atoms with Crippen LogP contribution in [0.1, 0.15) is 5.56 Å². The van der Waals surface area contributed by atoms with E-state index in [1.165, 1.54) is 37.9 Å². The predicted molar refractivity (Wildman–Crippen MR) is 137 cm³/mol. The predicted octanol–water partition coefficient (Wildman–Crippen LogP) is 8.83. The van der Waals surface area contributed by atoms with Crippen LogP contribution in [0.2, 0.25) is 0 Å². The topological polar surface area (TPSA) is 0 Å². The van der Waals surface area contributed by atoms with Gasteiger partial charge in [0.2, 0.25) is 0 Å². The van der Waals surface area contributed by atoms with Gasteiger partial charge in [0.1, 0.15) is 0 Å². The van der Waals surface area contributed by atoms with Crippen LogP contribution < -0.4 is 0 Å². The van der Waals surface area contributed by atoms with E-state index in [1.54, 1.807) is 0 Å². The fourth-order valence-electron chi connectivity index (χ4n) is 3.65. The minimum Gasteiger partial charge on any atom is -0.0616 e. The molecule has 6 aromatic carbocycles. The van der Waals surface area contributed by atoms with Crippen LogP contribution in [0.25, 0.3) is 32.3 Å². The third kappa shape index (κ3) is 5.38. The molecule has 0 atom stereocenters. The van der Waals surface area contributed by atoms with Crippen LogP contribution in [0.5, 0.6) is 0 Å². The van der Waals surface area contributed by atoms with E-state index in [1.807, 2.05) is 0 Å². The molecule has 0 nitrogen and oxygen atoms in total. The molecule has 0 N–H and O–H groups in total. The first kappa shape index (κ1) is 20.4. The van der Waals surface area contributed by atoms with Crippen molar-refractivity contribution >= 4 is 32.3 Å². The highest BCUT2D eigenvalue weighted by atomic mass is 14.0. The van der Waals surface area contributed by atoms with Crippen LogP contribution >= 0.6 is 0 Å². The molecule has 0 spiro atoms. The van der Waals surface area contributed by atoms with E-state index in [9.17, 15) is 0 Å². The number of hydrogen-bond donors (Lipinski definition) is 0. The SMILES string of the molecule is Cc1cccc2ccccc12.c1ccc2ccccc2c1.c1ccc2ccccc2c1. The Bertz CT molecular complexity index is 1190. The lowest BCUT2D eigenvalue weighted by molar-refractivity contribution is 1.53. The Labute approximate surface area is 184 Å². The van der Waals surface area contributed by atoms with Crippen LogP contribution in [-0.4, -0.2) is 0 Å². The smallest absolute Gasteiger partial charge is 0.0155 e. The van der Waals surface area contributed by atoms with E-state index >= 15 is 0 Å². The third-order valence-corrected chi connectivity index (χ3v) is 5.33. The summed E-state index contributed by atoms with van der Waals surface area (Å²) in [7, 11) is 0. The summed E-state index contributed by atoms with van der Waals surface area (Å²) in [6, 6.07) is 48.3. The zero-order valence-corrected chi connectivity index (χ0v) is 17.8. The second kappa shape index (κ2) is 10.2. The van der Waals surface area contributed by atoms with Crippen molar-refractivity contribution in [2.24, 2.45) is 0 Å². The quantitative estimate of drug-likeness (QED) is 0.240. The number of aryl methyl sites for hydroxylation is 1. The Morgan fingerprint density at radius 1 is 0.290 bits per heavy atom. The summed E-state index contributed by atoms with van der Waals surface area (Å²) >= 11 is 0. The molecule has 0 saturated heterocycles. The van der Waals surface area contributed by atoms with Gasteiger partial charge >= 0.3 is 0 Å². The molecule has 0 heteroatoms. The van der Waals surface area contributed by atoms with E-state index in [0.29, 0.717) is 0 Å². The summed E-state index contributed by atoms with van der Waals surface area (Å²) in [6.07, 6.45) is 0. The fraction of sp³-hybridized carbons (Fsp3) is 0.0323. The molecule has 150 valence electrons. The van der Waals surface area contributed by atoms with Gasteiger partial charge in [-0.2, -0.15) is 0 Å². The van der Waals surface area contributed by atoms with Crippen molar-refractivity contribution in [3.8, 4) is 0 Å². The van der Waals surface area contributed by atoms with E-state index in [4.69, 9.17) is 0 Å². The maximum atomic E-state index is 2.16. The molecule has 0 aromatic heterocycles. The van der Waals surface area contributed by atoms with E-state index in [2.05, 4.69) is 146 Å². The van der Waals surface area contributed by atoms with Crippen molar-refractivity contribution in [3.05, 3.63) is 145 Å². The largest absolute Gasteiger partial charge is 0.0616 e. The second-order valence-corrected chi connectivity index (χ2v) is 7.49. The first-order chi connectivity index (χ1) is 15.3. The van der Waals surface area contributed by atoms with Gasteiger partial charge in [-0.15, -0.1) is 0 Å². The van der Waals surface area contributed by atoms with Crippen molar-refractivity contribution in [3.63, 3.8) is 0 Å². The maximum Gasteiger partial charge on any atom is -0.0155 e. The average Bonchev–Trinajstić information content (AvgIpc) is 2.85. The normalized spacial score (nSPS) is 10.1. The zero-order chi connectivity index (χ0) is 21.3. The van der Waals surface area contributed by atoms with Crippen LogP contribution in [0.4, 0.5) is 0 Å². The first-order valence-corrected chi connectivity index (χ1v) is 10.6. The molecular weight excluding hydrogens is 372 g/mol. The lowest BCUT2D eigenvalue weighted by Gasteiger charge is -1.98. The molecule has 0 unspecified atom stereocenters. The van der Waals surface area contributed by atoms with Gasteiger partial charge in [-0.25, -0.2) is 0 Å². The minimum atomic E-state index is 1.31. The Morgan fingerprint density at radius 2 is 0.581 bits per heavy atom. The summed E-state index contributed by atoms with van der Waals surface area (Å²) in [5.41, 5.74) is 1.35. The fourth-order valence-corrected chi connectivity index (χ4v) is 3.65. The maximum absolute atomic E-state index is 2.16. The summed E-state index contributed by atoms with van der Waals surface area (Å²) < 4.78 is 0. The molecule has 0 fully saturated rings. The summed E-state index contributed by atoms with van der Waals surface area (Å²) in [4.78, 5) is 0. The molecule has 0 radical (unpaired) electrons. The zero-order valence-electron chi connectivity index (χ0n) is 17.8. The Hall–Kier alpha value is -3.90. The van der Waals surface area contributed by atoms with E-state index in [0.717, 1.165) is 0 Å². The number of benzene rings is 6. The second-order valence-electron chi connectivity index (χ2n) is 7.49. The number of rotatable bonds is 0. The molecule has 0 aliphatic heterocycles. The van der Waals surface area contributed by atoms with Gasteiger partial charge in [-0.05, 0) is 44.8 Å². The number of hydrogen-bond acceptors (Lipinski definition) is 0. The van der Waals surface area contributed by atoms with Crippen LogP contribution in [-0.2, 0) is 0 Å². The van der Waals surface area contributed by atoms with Gasteiger partial charge in [0.05, 0.1) is 0 Å². The Morgan fingerprint density at radius 3 is 0.935 bits per heavy atom. The van der Waals surface area contributed by atoms with Gasteiger partial charge in [-0.1, -0.05) is 140 Å². The highest BCUT2D eigenvalue weighted by Crippen LogP contribution is 2.16. The average molecular weight is 399 g/mol. The van der Waals surface area contributed by atoms with Crippen molar-refractivity contribution in [1.82, 2.24) is 0 Å². The van der Waals surface area contributed by atoms with Gasteiger partial charge in [0.25, 0.3) is 0 Å². The molecular formula is C31H26. The van der Waals surface area contributed by atoms with Crippen molar-refractivity contribution < 1.29 is 0 Å². The van der Waals surface area contributed by atoms with Crippen LogP contribution in [0.3, 0.4) is 0 Å². The molecule has 6 aromatic rings. The summed E-state index contributed by atoms with van der Waals surface area (Å²) in [5.74, 6) is 0. The minimum absolute atomic E-state index is 1.31. The molecule has 0 bridgehead atoms. The van der Waals surface area contributed by atoms with E-state index in [-0.39, 0.29) is 0 Å². The molecule has 6 rings (SSSR count). The summed E-state index contributed by atoms with van der Waals surface area (Å²) in [6.45, 7) is 2.14. The van der Waals surface area contributed by atoms with Crippen molar-refractivity contribution in [2.75, 3.05) is 0 Å². The Kier molecular flexibility index (Phi) is 6.72.